The number of hydrogen-bond donors (Lipinski definition) is 1. The number of nitrogens with one attached hydrogen (secondary N) is 1. The first-order chi connectivity index (χ1) is 12.7. The minimum Gasteiger partial charge on any atom is -0.460 e. The van der Waals surface area contributed by atoms with E-state index in [1.54, 1.807) is 4.90 Å². The number of furan rings is 1. The highest BCUT2D eigenvalue weighted by Gasteiger charge is 2.34. The molecular formula is C19H22N4O3. The van der Waals surface area contributed by atoms with Gasteiger partial charge >= 0.3 is 0 Å². The van der Waals surface area contributed by atoms with Gasteiger partial charge in [0.1, 0.15) is 23.5 Å². The SMILES string of the molecule is CCc1oc2ccccc2c1C(=O)N(C)C[C@H]1OCC[C@H]1c1ncn[nH]1. The van der Waals surface area contributed by atoms with E-state index in [0.717, 1.165) is 29.0 Å². The summed E-state index contributed by atoms with van der Waals surface area (Å²) in [7, 11) is 1.81. The molecule has 0 saturated carbocycles. The second-order valence-electron chi connectivity index (χ2n) is 6.61. The van der Waals surface area contributed by atoms with Gasteiger partial charge in [-0.2, -0.15) is 5.10 Å². The number of fused-ring (bicyclic) bond motifs is 1. The maximum Gasteiger partial charge on any atom is 0.257 e. The molecule has 1 aliphatic heterocycles. The normalized spacial score (nSPS) is 19.9. The van der Waals surface area contributed by atoms with Crippen molar-refractivity contribution in [1.82, 2.24) is 20.1 Å². The number of aryl methyl sites for hydroxylation is 1. The first-order valence-electron chi connectivity index (χ1n) is 8.91. The predicted octanol–water partition coefficient (Wildman–Crippen LogP) is 2.76. The maximum atomic E-state index is 13.2. The first kappa shape index (κ1) is 16.8. The van der Waals surface area contributed by atoms with E-state index in [-0.39, 0.29) is 17.9 Å². The molecular weight excluding hydrogens is 332 g/mol. The number of aromatic amines is 1. The molecule has 3 aromatic rings. The van der Waals surface area contributed by atoms with Gasteiger partial charge in [0.05, 0.1) is 11.7 Å². The predicted molar refractivity (Wildman–Crippen MR) is 96.0 cm³/mol. The quantitative estimate of drug-likeness (QED) is 0.762. The van der Waals surface area contributed by atoms with Gasteiger partial charge in [-0.3, -0.25) is 9.89 Å². The minimum atomic E-state index is -0.0971. The van der Waals surface area contributed by atoms with E-state index in [1.165, 1.54) is 6.33 Å². The molecule has 2 atom stereocenters. The van der Waals surface area contributed by atoms with Gasteiger partial charge in [0, 0.05) is 37.9 Å². The Bertz CT molecular complexity index is 903. The number of H-pyrrole nitrogens is 1. The van der Waals surface area contributed by atoms with Gasteiger partial charge in [0.2, 0.25) is 0 Å². The van der Waals surface area contributed by atoms with Crippen LogP contribution in [0.4, 0.5) is 0 Å². The van der Waals surface area contributed by atoms with Crippen molar-refractivity contribution < 1.29 is 13.9 Å². The van der Waals surface area contributed by atoms with Crippen LogP contribution in [0, 0.1) is 0 Å². The molecule has 1 N–H and O–H groups in total. The summed E-state index contributed by atoms with van der Waals surface area (Å²) in [5.74, 6) is 1.62. The monoisotopic (exact) mass is 354 g/mol. The number of ether oxygens (including phenoxy) is 1. The maximum absolute atomic E-state index is 13.2. The standard InChI is InChI=1S/C19H22N4O3/c1-3-14-17(12-6-4-5-7-15(12)26-14)19(24)23(2)10-16-13(8-9-25-16)18-20-11-21-22-18/h4-7,11,13,16H,3,8-10H2,1-2H3,(H,20,21,22)/t13-,16-/m1/s1. The average molecular weight is 354 g/mol. The van der Waals surface area contributed by atoms with Crippen LogP contribution in [-0.4, -0.2) is 52.3 Å². The van der Waals surface area contributed by atoms with Crippen molar-refractivity contribution in [3.8, 4) is 0 Å². The third-order valence-corrected chi connectivity index (χ3v) is 5.00. The van der Waals surface area contributed by atoms with Crippen molar-refractivity contribution in [1.29, 1.82) is 0 Å². The molecule has 7 heteroatoms. The van der Waals surface area contributed by atoms with E-state index in [9.17, 15) is 4.79 Å². The summed E-state index contributed by atoms with van der Waals surface area (Å²) in [6, 6.07) is 7.67. The highest BCUT2D eigenvalue weighted by Crippen LogP contribution is 2.31. The van der Waals surface area contributed by atoms with Crippen molar-refractivity contribution in [2.75, 3.05) is 20.2 Å². The molecule has 7 nitrogen and oxygen atoms in total. The lowest BCUT2D eigenvalue weighted by Gasteiger charge is -2.24. The van der Waals surface area contributed by atoms with Crippen LogP contribution >= 0.6 is 0 Å². The summed E-state index contributed by atoms with van der Waals surface area (Å²) in [4.78, 5) is 19.1. The molecule has 26 heavy (non-hydrogen) atoms. The summed E-state index contributed by atoms with van der Waals surface area (Å²) >= 11 is 0. The van der Waals surface area contributed by atoms with E-state index in [4.69, 9.17) is 9.15 Å². The largest absolute Gasteiger partial charge is 0.460 e. The fourth-order valence-electron chi connectivity index (χ4n) is 3.66. The van der Waals surface area contributed by atoms with Crippen LogP contribution in [0.25, 0.3) is 11.0 Å². The molecule has 0 bridgehead atoms. The van der Waals surface area contributed by atoms with Crippen LogP contribution in [0.3, 0.4) is 0 Å². The third-order valence-electron chi connectivity index (χ3n) is 5.00. The number of nitrogens with zero attached hydrogens (tertiary/aromatic N) is 3. The summed E-state index contributed by atoms with van der Waals surface area (Å²) in [6.45, 7) is 3.15. The van der Waals surface area contributed by atoms with Crippen molar-refractivity contribution in [2.24, 2.45) is 0 Å². The zero-order valence-corrected chi connectivity index (χ0v) is 14.9. The Morgan fingerprint density at radius 3 is 3.00 bits per heavy atom. The van der Waals surface area contributed by atoms with E-state index in [1.807, 2.05) is 38.2 Å². The summed E-state index contributed by atoms with van der Waals surface area (Å²) in [5, 5.41) is 7.71. The highest BCUT2D eigenvalue weighted by molar-refractivity contribution is 6.07. The molecule has 1 saturated heterocycles. The molecule has 4 rings (SSSR count). The van der Waals surface area contributed by atoms with Gasteiger partial charge in [0.15, 0.2) is 0 Å². The minimum absolute atomic E-state index is 0.0429. The van der Waals surface area contributed by atoms with E-state index in [2.05, 4.69) is 15.2 Å². The fourth-order valence-corrected chi connectivity index (χ4v) is 3.66. The lowest BCUT2D eigenvalue weighted by molar-refractivity contribution is 0.0550. The van der Waals surface area contributed by atoms with Crippen LogP contribution in [0.1, 0.15) is 41.2 Å². The lowest BCUT2D eigenvalue weighted by Crippen LogP contribution is -2.36. The molecule has 1 aliphatic rings. The van der Waals surface area contributed by atoms with Crippen LogP contribution in [0.15, 0.2) is 35.0 Å². The lowest BCUT2D eigenvalue weighted by atomic mass is 10.00. The molecule has 0 aliphatic carbocycles. The number of amides is 1. The number of carbonyl (C=O) groups is 1. The van der Waals surface area contributed by atoms with Crippen LogP contribution in [0.5, 0.6) is 0 Å². The van der Waals surface area contributed by atoms with Gasteiger partial charge in [-0.1, -0.05) is 25.1 Å². The second-order valence-corrected chi connectivity index (χ2v) is 6.61. The van der Waals surface area contributed by atoms with Gasteiger partial charge < -0.3 is 14.1 Å². The number of likely N-dealkylation sites (N-methyl/N-ethyl adjacent to an activating group) is 1. The summed E-state index contributed by atoms with van der Waals surface area (Å²) in [5.41, 5.74) is 1.40. The van der Waals surface area contributed by atoms with Gasteiger partial charge in [0.25, 0.3) is 5.91 Å². The molecule has 1 amide bonds. The number of benzene rings is 1. The van der Waals surface area contributed by atoms with Crippen LogP contribution in [-0.2, 0) is 11.2 Å². The van der Waals surface area contributed by atoms with Gasteiger partial charge in [-0.25, -0.2) is 4.98 Å². The molecule has 3 heterocycles. The van der Waals surface area contributed by atoms with Crippen molar-refractivity contribution in [3.05, 3.63) is 47.7 Å². The summed E-state index contributed by atoms with van der Waals surface area (Å²) in [6.07, 6.45) is 2.95. The molecule has 0 radical (unpaired) electrons. The number of carbonyl (C=O) groups excluding carboxylic acids is 1. The molecule has 0 spiro atoms. The average Bonchev–Trinajstić information content (AvgIpc) is 3.39. The Labute approximate surface area is 151 Å². The highest BCUT2D eigenvalue weighted by atomic mass is 16.5. The second kappa shape index (κ2) is 6.92. The Morgan fingerprint density at radius 1 is 1.38 bits per heavy atom. The Balaban J connectivity index is 1.57. The zero-order chi connectivity index (χ0) is 18.1. The van der Waals surface area contributed by atoms with Crippen molar-refractivity contribution in [3.63, 3.8) is 0 Å². The molecule has 1 fully saturated rings. The molecule has 0 unspecified atom stereocenters. The topological polar surface area (TPSA) is 84.2 Å². The van der Waals surface area contributed by atoms with Gasteiger partial charge in [-0.15, -0.1) is 0 Å². The van der Waals surface area contributed by atoms with Crippen molar-refractivity contribution >= 4 is 16.9 Å². The van der Waals surface area contributed by atoms with Crippen molar-refractivity contribution in [2.45, 2.75) is 31.8 Å². The number of hydrogen-bond acceptors (Lipinski definition) is 5. The van der Waals surface area contributed by atoms with Crippen LogP contribution in [0.2, 0.25) is 0 Å². The Hall–Kier alpha value is -2.67. The third kappa shape index (κ3) is 2.88. The molecule has 1 aromatic carbocycles. The Morgan fingerprint density at radius 2 is 2.23 bits per heavy atom. The number of aromatic nitrogens is 3. The molecule has 2 aromatic heterocycles. The first-order valence-corrected chi connectivity index (χ1v) is 8.91. The smallest absolute Gasteiger partial charge is 0.257 e. The van der Waals surface area contributed by atoms with E-state index in [0.29, 0.717) is 25.1 Å². The zero-order valence-electron chi connectivity index (χ0n) is 14.9. The van der Waals surface area contributed by atoms with Gasteiger partial charge in [-0.05, 0) is 12.5 Å². The summed E-state index contributed by atoms with van der Waals surface area (Å²) < 4.78 is 11.7. The number of para-hydroxylation sites is 1. The fraction of sp³-hybridized carbons (Fsp3) is 0.421. The Kier molecular flexibility index (Phi) is 4.46. The number of rotatable bonds is 5. The van der Waals surface area contributed by atoms with E-state index < -0.39 is 0 Å². The molecule has 136 valence electrons. The van der Waals surface area contributed by atoms with Crippen LogP contribution < -0.4 is 0 Å². The van der Waals surface area contributed by atoms with E-state index >= 15 is 0 Å².